The lowest BCUT2D eigenvalue weighted by atomic mass is 10.1. The molecule has 3 aromatic rings. The quantitative estimate of drug-likeness (QED) is 0.660. The maximum atomic E-state index is 11.6. The second-order valence-corrected chi connectivity index (χ2v) is 7.28. The highest BCUT2D eigenvalue weighted by Gasteiger charge is 2.23. The van der Waals surface area contributed by atoms with Gasteiger partial charge in [0, 0.05) is 24.5 Å². The largest absolute Gasteiger partial charge is 0.478 e. The van der Waals surface area contributed by atoms with Crippen LogP contribution in [0.4, 0.5) is 11.5 Å². The summed E-state index contributed by atoms with van der Waals surface area (Å²) >= 11 is 0. The molecule has 29 heavy (non-hydrogen) atoms. The summed E-state index contributed by atoms with van der Waals surface area (Å²) < 4.78 is 2.03. The van der Waals surface area contributed by atoms with Gasteiger partial charge in [-0.25, -0.2) is 4.79 Å². The normalized spacial score (nSPS) is 17.2. The van der Waals surface area contributed by atoms with Crippen LogP contribution in [0, 0.1) is 0 Å². The number of anilines is 2. The molecule has 1 unspecified atom stereocenters. The van der Waals surface area contributed by atoms with Gasteiger partial charge in [-0.2, -0.15) is 5.10 Å². The van der Waals surface area contributed by atoms with Gasteiger partial charge < -0.3 is 15.3 Å². The average Bonchev–Trinajstić information content (AvgIpc) is 3.18. The van der Waals surface area contributed by atoms with Crippen molar-refractivity contribution in [2.75, 3.05) is 25.0 Å². The lowest BCUT2D eigenvalue weighted by Gasteiger charge is -2.31. The number of aromatic carboxylic acids is 1. The van der Waals surface area contributed by atoms with E-state index in [0.29, 0.717) is 17.5 Å². The van der Waals surface area contributed by atoms with E-state index in [1.165, 1.54) is 18.5 Å². The van der Waals surface area contributed by atoms with Crippen molar-refractivity contribution < 1.29 is 9.90 Å². The fourth-order valence-corrected chi connectivity index (χ4v) is 3.84. The molecule has 1 aromatic carbocycles. The molecule has 1 saturated heterocycles. The minimum Gasteiger partial charge on any atom is -0.478 e. The van der Waals surface area contributed by atoms with Gasteiger partial charge in [-0.3, -0.25) is 9.67 Å². The van der Waals surface area contributed by atoms with E-state index in [4.69, 9.17) is 5.10 Å². The van der Waals surface area contributed by atoms with Crippen molar-refractivity contribution in [1.29, 1.82) is 0 Å². The number of likely N-dealkylation sites (N-methyl/N-ethyl adjacent to an activating group) is 1. The first-order chi connectivity index (χ1) is 14.2. The van der Waals surface area contributed by atoms with Gasteiger partial charge in [0.15, 0.2) is 5.82 Å². The number of piperidine rings is 1. The highest BCUT2D eigenvalue weighted by molar-refractivity contribution is 5.95. The number of pyridine rings is 1. The van der Waals surface area contributed by atoms with Crippen molar-refractivity contribution in [2.45, 2.75) is 25.8 Å². The number of rotatable bonds is 6. The molecule has 3 heterocycles. The van der Waals surface area contributed by atoms with Crippen LogP contribution < -0.4 is 5.32 Å². The molecule has 1 atom stereocenters. The molecule has 7 heteroatoms. The fraction of sp³-hybridized carbons (Fsp3) is 0.318. The molecule has 1 aliphatic rings. The number of nitrogens with zero attached hydrogens (tertiary/aromatic N) is 4. The Morgan fingerprint density at radius 3 is 2.86 bits per heavy atom. The van der Waals surface area contributed by atoms with E-state index in [0.717, 1.165) is 43.6 Å². The first-order valence-corrected chi connectivity index (χ1v) is 9.97. The minimum absolute atomic E-state index is 0.170. The van der Waals surface area contributed by atoms with Gasteiger partial charge in [0.25, 0.3) is 0 Å². The third kappa shape index (κ3) is 4.14. The predicted octanol–water partition coefficient (Wildman–Crippen LogP) is 4.04. The summed E-state index contributed by atoms with van der Waals surface area (Å²) in [6.45, 7) is 5.32. The topological polar surface area (TPSA) is 83.3 Å². The van der Waals surface area contributed by atoms with Gasteiger partial charge in [0.1, 0.15) is 0 Å². The minimum atomic E-state index is -0.999. The SMILES string of the molecule is CCN1CCCC(n2cc(-c3ccccc3)c(Nc3cnccc3C(=O)O)n2)C1. The summed E-state index contributed by atoms with van der Waals surface area (Å²) in [6.07, 6.45) is 7.30. The summed E-state index contributed by atoms with van der Waals surface area (Å²) in [5, 5.41) is 17.5. The number of likely N-dealkylation sites (tertiary alicyclic amines) is 1. The highest BCUT2D eigenvalue weighted by Crippen LogP contribution is 2.32. The molecule has 2 N–H and O–H groups in total. The van der Waals surface area contributed by atoms with Crippen LogP contribution in [-0.4, -0.2) is 50.4 Å². The number of nitrogens with one attached hydrogen (secondary N) is 1. The zero-order chi connectivity index (χ0) is 20.2. The molecule has 0 aliphatic carbocycles. The maximum absolute atomic E-state index is 11.6. The van der Waals surface area contributed by atoms with Crippen LogP contribution >= 0.6 is 0 Å². The van der Waals surface area contributed by atoms with E-state index in [1.807, 2.05) is 35.0 Å². The van der Waals surface area contributed by atoms with Gasteiger partial charge in [-0.05, 0) is 37.6 Å². The second-order valence-electron chi connectivity index (χ2n) is 7.28. The third-order valence-electron chi connectivity index (χ3n) is 5.42. The molecule has 150 valence electrons. The third-order valence-corrected chi connectivity index (χ3v) is 5.42. The molecular weight excluding hydrogens is 366 g/mol. The standard InChI is InChI=1S/C22H25N5O2/c1-2-26-12-6-9-17(14-26)27-15-19(16-7-4-3-5-8-16)21(25-27)24-20-13-23-11-10-18(20)22(28)29/h3-5,7-8,10-11,13,15,17H,2,6,9,12,14H2,1H3,(H,24,25)(H,28,29). The zero-order valence-electron chi connectivity index (χ0n) is 16.5. The number of hydrogen-bond acceptors (Lipinski definition) is 5. The average molecular weight is 391 g/mol. The van der Waals surface area contributed by atoms with Crippen LogP contribution in [0.2, 0.25) is 0 Å². The summed E-state index contributed by atoms with van der Waals surface area (Å²) in [5.41, 5.74) is 2.58. The molecule has 0 bridgehead atoms. The number of carbonyl (C=O) groups is 1. The number of hydrogen-bond donors (Lipinski definition) is 2. The van der Waals surface area contributed by atoms with E-state index >= 15 is 0 Å². The second kappa shape index (κ2) is 8.45. The molecule has 1 aliphatic heterocycles. The van der Waals surface area contributed by atoms with E-state index in [1.54, 1.807) is 0 Å². The number of carboxylic acids is 1. The Morgan fingerprint density at radius 2 is 2.10 bits per heavy atom. The van der Waals surface area contributed by atoms with Gasteiger partial charge >= 0.3 is 5.97 Å². The molecular formula is C22H25N5O2. The summed E-state index contributed by atoms with van der Waals surface area (Å²) in [7, 11) is 0. The molecule has 0 radical (unpaired) electrons. The Morgan fingerprint density at radius 1 is 1.28 bits per heavy atom. The molecule has 4 rings (SSSR count). The molecule has 0 saturated carbocycles. The van der Waals surface area contributed by atoms with Gasteiger partial charge in [-0.1, -0.05) is 37.3 Å². The van der Waals surface area contributed by atoms with Gasteiger partial charge in [-0.15, -0.1) is 0 Å². The Hall–Kier alpha value is -3.19. The maximum Gasteiger partial charge on any atom is 0.337 e. The summed E-state index contributed by atoms with van der Waals surface area (Å²) in [4.78, 5) is 18.1. The highest BCUT2D eigenvalue weighted by atomic mass is 16.4. The molecule has 7 nitrogen and oxygen atoms in total. The smallest absolute Gasteiger partial charge is 0.337 e. The Balaban J connectivity index is 1.72. The molecule has 0 spiro atoms. The number of carboxylic acid groups (broad SMARTS) is 1. The lowest BCUT2D eigenvalue weighted by Crippen LogP contribution is -2.36. The Labute approximate surface area is 170 Å². The van der Waals surface area contributed by atoms with Crippen molar-refractivity contribution in [2.24, 2.45) is 0 Å². The molecule has 0 amide bonds. The number of aromatic nitrogens is 3. The van der Waals surface area contributed by atoms with Crippen LogP contribution in [0.3, 0.4) is 0 Å². The van der Waals surface area contributed by atoms with Crippen LogP contribution in [0.1, 0.15) is 36.2 Å². The van der Waals surface area contributed by atoms with Crippen LogP contribution in [-0.2, 0) is 0 Å². The lowest BCUT2D eigenvalue weighted by molar-refractivity contribution is 0.0698. The van der Waals surface area contributed by atoms with E-state index in [-0.39, 0.29) is 5.56 Å². The first-order valence-electron chi connectivity index (χ1n) is 9.97. The fourth-order valence-electron chi connectivity index (χ4n) is 3.84. The van der Waals surface area contributed by atoms with Crippen molar-refractivity contribution in [3.8, 4) is 11.1 Å². The van der Waals surface area contributed by atoms with Crippen molar-refractivity contribution in [3.63, 3.8) is 0 Å². The Kier molecular flexibility index (Phi) is 5.57. The van der Waals surface area contributed by atoms with Crippen LogP contribution in [0.5, 0.6) is 0 Å². The summed E-state index contributed by atoms with van der Waals surface area (Å²) in [6, 6.07) is 11.8. The monoisotopic (exact) mass is 391 g/mol. The predicted molar refractivity (Wildman–Crippen MR) is 113 cm³/mol. The molecule has 1 fully saturated rings. The van der Waals surface area contributed by atoms with Crippen molar-refractivity contribution in [3.05, 3.63) is 60.6 Å². The van der Waals surface area contributed by atoms with E-state index < -0.39 is 5.97 Å². The number of benzene rings is 1. The molecule has 2 aromatic heterocycles. The Bertz CT molecular complexity index is 986. The van der Waals surface area contributed by atoms with Crippen LogP contribution in [0.15, 0.2) is 55.0 Å². The van der Waals surface area contributed by atoms with Crippen molar-refractivity contribution >= 4 is 17.5 Å². The van der Waals surface area contributed by atoms with Crippen molar-refractivity contribution in [1.82, 2.24) is 19.7 Å². The zero-order valence-corrected chi connectivity index (χ0v) is 16.5. The van der Waals surface area contributed by atoms with E-state index in [2.05, 4.69) is 28.3 Å². The van der Waals surface area contributed by atoms with Crippen LogP contribution in [0.25, 0.3) is 11.1 Å². The first kappa shape index (κ1) is 19.1. The van der Waals surface area contributed by atoms with E-state index in [9.17, 15) is 9.90 Å². The van der Waals surface area contributed by atoms with Gasteiger partial charge in [0.2, 0.25) is 0 Å². The van der Waals surface area contributed by atoms with Gasteiger partial charge in [0.05, 0.1) is 23.5 Å². The summed E-state index contributed by atoms with van der Waals surface area (Å²) in [5.74, 6) is -0.359.